The first-order valence-electron chi connectivity index (χ1n) is 8.44. The first-order valence-corrected chi connectivity index (χ1v) is 8.44. The van der Waals surface area contributed by atoms with Crippen molar-refractivity contribution in [3.05, 3.63) is 5.92 Å². The summed E-state index contributed by atoms with van der Waals surface area (Å²) in [4.78, 5) is 10.9. The zero-order valence-electron chi connectivity index (χ0n) is 14.0. The second-order valence-electron chi connectivity index (χ2n) is 7.23. The molecule has 3 bridgehead atoms. The molecule has 5 atom stereocenters. The van der Waals surface area contributed by atoms with Crippen LogP contribution in [0.5, 0.6) is 0 Å². The van der Waals surface area contributed by atoms with Crippen LogP contribution in [0.25, 0.3) is 0 Å². The predicted octanol–water partition coefficient (Wildman–Crippen LogP) is 5.65. The van der Waals surface area contributed by atoms with Crippen LogP contribution in [0.1, 0.15) is 51.9 Å². The third-order valence-electron chi connectivity index (χ3n) is 5.75. The van der Waals surface area contributed by atoms with Gasteiger partial charge < -0.3 is 4.79 Å². The Hall–Kier alpha value is 0.302. The molecule has 0 spiro atoms. The van der Waals surface area contributed by atoms with E-state index in [0.29, 0.717) is 5.92 Å². The van der Waals surface area contributed by atoms with Gasteiger partial charge in [0.15, 0.2) is 0 Å². The molecule has 3 aliphatic rings. The summed E-state index contributed by atoms with van der Waals surface area (Å²) >= 11 is 0. The number of rotatable bonds is 2. The van der Waals surface area contributed by atoms with E-state index >= 15 is 0 Å². The topological polar surface area (TPSA) is 17.1 Å². The molecule has 0 aliphatic heterocycles. The number of hydrogen-bond acceptors (Lipinski definition) is 1. The van der Waals surface area contributed by atoms with Crippen LogP contribution < -0.4 is 0 Å². The molecule has 8 heteroatoms. The average molecular weight is 594 g/mol. The fourth-order valence-corrected chi connectivity index (χ4v) is 4.82. The third kappa shape index (κ3) is 5.89. The standard InChI is InChI=1S/C12H17O.C5H5F6.U/c13-7-11-6-9-3-8-1-2-12(11)10(4-8)5-9;1-2-3(4(6,7)8)5(9,10)11;/h8-12H,1-6H2;2H2,1H3;/q2*-1;+2. The molecule has 0 N–H and O–H groups in total. The number of halogens is 6. The van der Waals surface area contributed by atoms with Gasteiger partial charge in [-0.15, -0.1) is 11.8 Å². The summed E-state index contributed by atoms with van der Waals surface area (Å²) in [6.07, 6.45) is -1.09. The number of hydrogen-bond donors (Lipinski definition) is 0. The van der Waals surface area contributed by atoms with Crippen LogP contribution in [0.3, 0.4) is 0 Å². The Morgan fingerprint density at radius 2 is 1.48 bits per heavy atom. The van der Waals surface area contributed by atoms with E-state index in [0.717, 1.165) is 30.6 Å². The first kappa shape index (κ1) is 23.3. The maximum absolute atomic E-state index is 11.5. The van der Waals surface area contributed by atoms with Gasteiger partial charge in [-0.05, 0) is 37.0 Å². The molecule has 0 heterocycles. The van der Waals surface area contributed by atoms with Gasteiger partial charge in [0.05, 0.1) is 0 Å². The molecule has 3 saturated carbocycles. The van der Waals surface area contributed by atoms with Crippen molar-refractivity contribution < 1.29 is 62.3 Å². The summed E-state index contributed by atoms with van der Waals surface area (Å²) in [5, 5.41) is 0. The minimum atomic E-state index is -5.26. The van der Waals surface area contributed by atoms with Crippen molar-refractivity contribution in [1.29, 1.82) is 0 Å². The molecule has 0 aromatic rings. The Morgan fingerprint density at radius 3 is 1.92 bits per heavy atom. The molecule has 25 heavy (non-hydrogen) atoms. The Kier molecular flexibility index (Phi) is 8.40. The van der Waals surface area contributed by atoms with Crippen molar-refractivity contribution in [1.82, 2.24) is 0 Å². The van der Waals surface area contributed by atoms with Crippen molar-refractivity contribution in [2.24, 2.45) is 29.6 Å². The minimum Gasteiger partial charge on any atom is -0.542 e. The van der Waals surface area contributed by atoms with Crippen molar-refractivity contribution in [2.45, 2.75) is 64.2 Å². The fourth-order valence-electron chi connectivity index (χ4n) is 4.82. The molecule has 0 amide bonds. The molecule has 1 nitrogen and oxygen atoms in total. The second-order valence-corrected chi connectivity index (χ2v) is 7.23. The van der Waals surface area contributed by atoms with E-state index in [-0.39, 0.29) is 31.1 Å². The second kappa shape index (κ2) is 8.99. The van der Waals surface area contributed by atoms with Crippen molar-refractivity contribution in [3.8, 4) is 0 Å². The summed E-state index contributed by atoms with van der Waals surface area (Å²) in [5.74, 6) is 1.50. The van der Waals surface area contributed by atoms with Gasteiger partial charge in [-0.25, -0.2) is 26.3 Å². The van der Waals surface area contributed by atoms with Crippen molar-refractivity contribution in [2.75, 3.05) is 0 Å². The fraction of sp³-hybridized carbons (Fsp3) is 0.882. The smallest absolute Gasteiger partial charge is 0.542 e. The predicted molar refractivity (Wildman–Crippen MR) is 76.5 cm³/mol. The van der Waals surface area contributed by atoms with E-state index < -0.39 is 24.7 Å². The van der Waals surface area contributed by atoms with Crippen LogP contribution in [0.15, 0.2) is 0 Å². The van der Waals surface area contributed by atoms with Crippen LogP contribution in [0.4, 0.5) is 26.3 Å². The molecule has 3 rings (SSSR count). The van der Waals surface area contributed by atoms with E-state index in [9.17, 15) is 31.1 Å². The monoisotopic (exact) mass is 594 g/mol. The zero-order chi connectivity index (χ0) is 18.1. The van der Waals surface area contributed by atoms with Crippen LogP contribution in [0, 0.1) is 66.6 Å². The van der Waals surface area contributed by atoms with Gasteiger partial charge in [0.1, 0.15) is 0 Å². The number of alkyl halides is 6. The van der Waals surface area contributed by atoms with Crippen LogP contribution in [-0.2, 0) is 4.79 Å². The van der Waals surface area contributed by atoms with Crippen molar-refractivity contribution >= 4 is 6.29 Å². The van der Waals surface area contributed by atoms with E-state index in [1.54, 1.807) is 0 Å². The largest absolute Gasteiger partial charge is 2.00 e. The van der Waals surface area contributed by atoms with Crippen LogP contribution in [0.2, 0.25) is 0 Å². The molecule has 5 unspecified atom stereocenters. The summed E-state index contributed by atoms with van der Waals surface area (Å²) in [7, 11) is 0. The van der Waals surface area contributed by atoms with Gasteiger partial charge in [0.2, 0.25) is 0 Å². The number of carbonyl (C=O) groups excluding carboxylic acids is 1. The van der Waals surface area contributed by atoms with Gasteiger partial charge >= 0.3 is 31.1 Å². The third-order valence-corrected chi connectivity index (χ3v) is 5.75. The zero-order valence-corrected chi connectivity index (χ0v) is 18.2. The Balaban J connectivity index is 0.000000246. The first-order chi connectivity index (χ1) is 11.1. The molecule has 3 fully saturated rings. The molecule has 0 radical (unpaired) electrons. The van der Waals surface area contributed by atoms with Crippen LogP contribution >= 0.6 is 0 Å². The van der Waals surface area contributed by atoms with E-state index in [4.69, 9.17) is 0 Å². The Labute approximate surface area is 168 Å². The summed E-state index contributed by atoms with van der Waals surface area (Å²) in [6, 6.07) is 0. The van der Waals surface area contributed by atoms with Gasteiger partial charge in [0, 0.05) is 0 Å². The summed E-state index contributed by atoms with van der Waals surface area (Å²) in [6.45, 7) is 0.816. The summed E-state index contributed by atoms with van der Waals surface area (Å²) in [5.41, 5.74) is 0. The quantitative estimate of drug-likeness (QED) is 0.298. The Bertz CT molecular complexity index is 416. The van der Waals surface area contributed by atoms with Gasteiger partial charge in [-0.1, -0.05) is 32.1 Å². The molecular formula is C17H22F6OU. The number of fused-ring (bicyclic) bond motifs is 2. The molecule has 0 saturated heterocycles. The van der Waals surface area contributed by atoms with E-state index in [2.05, 4.69) is 6.29 Å². The molecular weight excluding hydrogens is 572 g/mol. The van der Waals surface area contributed by atoms with Gasteiger partial charge in [-0.2, -0.15) is 6.42 Å². The Morgan fingerprint density at radius 1 is 0.920 bits per heavy atom. The summed E-state index contributed by atoms with van der Waals surface area (Å²) < 4.78 is 68.8. The molecule has 0 aromatic carbocycles. The minimum absolute atomic E-state index is 0. The SMILES string of the molecule is CC[C-](C(F)(F)F)C(F)(F)F.O=[C-]C1CC2CC3CCC1C(C3)C2.[U+2]. The van der Waals surface area contributed by atoms with Gasteiger partial charge in [0.25, 0.3) is 12.4 Å². The molecule has 3 aliphatic carbocycles. The maximum Gasteiger partial charge on any atom is 2.00 e. The normalized spacial score (nSPS) is 34.0. The van der Waals surface area contributed by atoms with E-state index in [1.807, 2.05) is 0 Å². The average Bonchev–Trinajstić information content (AvgIpc) is 2.42. The van der Waals surface area contributed by atoms with E-state index in [1.165, 1.54) is 38.5 Å². The van der Waals surface area contributed by atoms with Gasteiger partial charge in [-0.3, -0.25) is 6.29 Å². The van der Waals surface area contributed by atoms with Crippen LogP contribution in [-0.4, -0.2) is 18.6 Å². The maximum atomic E-state index is 11.5. The van der Waals surface area contributed by atoms with Crippen molar-refractivity contribution in [3.63, 3.8) is 0 Å². The molecule has 142 valence electrons. The molecule has 0 aromatic heterocycles.